The second kappa shape index (κ2) is 6.88. The van der Waals surface area contributed by atoms with Crippen LogP contribution in [-0.4, -0.2) is 19.1 Å². The zero-order chi connectivity index (χ0) is 16.9. The number of rotatable bonds is 3. The van der Waals surface area contributed by atoms with E-state index in [1.54, 1.807) is 24.3 Å². The Morgan fingerprint density at radius 1 is 1.17 bits per heavy atom. The minimum atomic E-state index is -0.443. The number of carbonyl (C=O) groups is 1. The van der Waals surface area contributed by atoms with Crippen molar-refractivity contribution < 1.29 is 14.3 Å². The lowest BCUT2D eigenvalue weighted by atomic mass is 10.1. The Bertz CT molecular complexity index is 850. The number of carbonyl (C=O) groups excluding carboxylic acids is 1. The first-order valence-corrected chi connectivity index (χ1v) is 7.56. The molecule has 120 valence electrons. The number of nitriles is 1. The van der Waals surface area contributed by atoms with Crippen LogP contribution in [0.15, 0.2) is 48.0 Å². The summed E-state index contributed by atoms with van der Waals surface area (Å²) in [7, 11) is 0. The molecule has 0 atom stereocenters. The standard InChI is InChI=1S/C19H16N2O3/c1-13-4-2-3-5-16(13)21-19(22)15(12-20)10-14-6-7-17-18(11-14)24-9-8-23-17/h2-7,10-11H,8-9H2,1H3,(H,21,22)/b15-10+. The summed E-state index contributed by atoms with van der Waals surface area (Å²) in [6, 6.07) is 14.7. The number of anilines is 1. The number of amides is 1. The summed E-state index contributed by atoms with van der Waals surface area (Å²) in [5.41, 5.74) is 2.35. The monoisotopic (exact) mass is 320 g/mol. The van der Waals surface area contributed by atoms with Gasteiger partial charge in [0.15, 0.2) is 11.5 Å². The summed E-state index contributed by atoms with van der Waals surface area (Å²) in [6.07, 6.45) is 1.53. The summed E-state index contributed by atoms with van der Waals surface area (Å²) < 4.78 is 11.0. The van der Waals surface area contributed by atoms with Crippen molar-refractivity contribution in [1.29, 1.82) is 5.26 Å². The Morgan fingerprint density at radius 2 is 1.92 bits per heavy atom. The average Bonchev–Trinajstić information content (AvgIpc) is 2.61. The largest absolute Gasteiger partial charge is 0.486 e. The van der Waals surface area contributed by atoms with Gasteiger partial charge in [0.05, 0.1) is 0 Å². The first-order valence-electron chi connectivity index (χ1n) is 7.56. The van der Waals surface area contributed by atoms with Crippen LogP contribution in [0, 0.1) is 18.3 Å². The number of nitrogens with one attached hydrogen (secondary N) is 1. The molecule has 0 aromatic heterocycles. The predicted molar refractivity (Wildman–Crippen MR) is 90.8 cm³/mol. The van der Waals surface area contributed by atoms with E-state index in [1.165, 1.54) is 6.08 Å². The number of para-hydroxylation sites is 1. The zero-order valence-corrected chi connectivity index (χ0v) is 13.2. The lowest BCUT2D eigenvalue weighted by molar-refractivity contribution is -0.112. The van der Waals surface area contributed by atoms with E-state index in [1.807, 2.05) is 31.2 Å². The van der Waals surface area contributed by atoms with Crippen molar-refractivity contribution in [1.82, 2.24) is 0 Å². The highest BCUT2D eigenvalue weighted by Gasteiger charge is 2.14. The Balaban J connectivity index is 1.83. The van der Waals surface area contributed by atoms with Crippen molar-refractivity contribution in [2.75, 3.05) is 18.5 Å². The van der Waals surface area contributed by atoms with Crippen molar-refractivity contribution in [2.45, 2.75) is 6.92 Å². The van der Waals surface area contributed by atoms with Crippen molar-refractivity contribution in [3.63, 3.8) is 0 Å². The molecule has 5 heteroatoms. The van der Waals surface area contributed by atoms with Crippen LogP contribution in [0.25, 0.3) is 6.08 Å². The highest BCUT2D eigenvalue weighted by molar-refractivity contribution is 6.10. The molecule has 3 rings (SSSR count). The molecule has 5 nitrogen and oxygen atoms in total. The smallest absolute Gasteiger partial charge is 0.266 e. The quantitative estimate of drug-likeness (QED) is 0.695. The molecule has 0 fully saturated rings. The maximum absolute atomic E-state index is 12.3. The van der Waals surface area contributed by atoms with E-state index in [9.17, 15) is 10.1 Å². The molecule has 0 aliphatic carbocycles. The third-order valence-electron chi connectivity index (χ3n) is 3.64. The molecule has 24 heavy (non-hydrogen) atoms. The van der Waals surface area contributed by atoms with Crippen LogP contribution in [0.1, 0.15) is 11.1 Å². The topological polar surface area (TPSA) is 71.4 Å². The molecule has 0 saturated heterocycles. The molecule has 0 bridgehead atoms. The lowest BCUT2D eigenvalue weighted by Gasteiger charge is -2.18. The average molecular weight is 320 g/mol. The van der Waals surface area contributed by atoms with Crippen LogP contribution >= 0.6 is 0 Å². The number of fused-ring (bicyclic) bond motifs is 1. The van der Waals surface area contributed by atoms with Gasteiger partial charge in [0.25, 0.3) is 5.91 Å². The van der Waals surface area contributed by atoms with Gasteiger partial charge in [-0.3, -0.25) is 4.79 Å². The van der Waals surface area contributed by atoms with Gasteiger partial charge in [0, 0.05) is 5.69 Å². The van der Waals surface area contributed by atoms with Crippen LogP contribution in [0.4, 0.5) is 5.69 Å². The van der Waals surface area contributed by atoms with Gasteiger partial charge in [-0.1, -0.05) is 24.3 Å². The first kappa shape index (κ1) is 15.6. The molecular formula is C19H16N2O3. The molecule has 0 saturated carbocycles. The number of aryl methyl sites for hydroxylation is 1. The van der Waals surface area contributed by atoms with Gasteiger partial charge in [0.1, 0.15) is 24.9 Å². The zero-order valence-electron chi connectivity index (χ0n) is 13.2. The fraction of sp³-hybridized carbons (Fsp3) is 0.158. The van der Waals surface area contributed by atoms with Gasteiger partial charge in [-0.05, 0) is 42.3 Å². The van der Waals surface area contributed by atoms with Crippen LogP contribution in [-0.2, 0) is 4.79 Å². The van der Waals surface area contributed by atoms with Crippen LogP contribution in [0.5, 0.6) is 11.5 Å². The molecule has 1 heterocycles. The van der Waals surface area contributed by atoms with Crippen LogP contribution in [0.2, 0.25) is 0 Å². The molecule has 1 N–H and O–H groups in total. The highest BCUT2D eigenvalue weighted by Crippen LogP contribution is 2.31. The van der Waals surface area contributed by atoms with Crippen molar-refractivity contribution >= 4 is 17.7 Å². The SMILES string of the molecule is Cc1ccccc1NC(=O)/C(C#N)=C/c1ccc2c(c1)OCCO2. The van der Waals surface area contributed by atoms with Gasteiger partial charge in [0.2, 0.25) is 0 Å². The summed E-state index contributed by atoms with van der Waals surface area (Å²) >= 11 is 0. The fourth-order valence-corrected chi connectivity index (χ4v) is 2.37. The molecule has 1 amide bonds. The number of hydrogen-bond donors (Lipinski definition) is 1. The minimum absolute atomic E-state index is 0.0231. The van der Waals surface area contributed by atoms with Crippen molar-refractivity contribution in [3.05, 3.63) is 59.2 Å². The van der Waals surface area contributed by atoms with E-state index in [-0.39, 0.29) is 5.57 Å². The number of nitrogens with zero attached hydrogens (tertiary/aromatic N) is 1. The summed E-state index contributed by atoms with van der Waals surface area (Å²) in [5, 5.41) is 12.1. The van der Waals surface area contributed by atoms with E-state index in [0.717, 1.165) is 5.56 Å². The second-order valence-electron chi connectivity index (χ2n) is 5.34. The van der Waals surface area contributed by atoms with Gasteiger partial charge >= 0.3 is 0 Å². The molecule has 1 aliphatic rings. The molecule has 1 aliphatic heterocycles. The van der Waals surface area contributed by atoms with E-state index in [0.29, 0.717) is 36.0 Å². The Hall–Kier alpha value is -3.26. The van der Waals surface area contributed by atoms with E-state index < -0.39 is 5.91 Å². The molecule has 2 aromatic carbocycles. The first-order chi connectivity index (χ1) is 11.7. The summed E-state index contributed by atoms with van der Waals surface area (Å²) in [4.78, 5) is 12.3. The maximum atomic E-state index is 12.3. The molecule has 0 radical (unpaired) electrons. The molecule has 0 unspecified atom stereocenters. The molecule has 0 spiro atoms. The normalized spacial score (nSPS) is 13.1. The van der Waals surface area contributed by atoms with Crippen molar-refractivity contribution in [2.24, 2.45) is 0 Å². The van der Waals surface area contributed by atoms with Crippen LogP contribution < -0.4 is 14.8 Å². The lowest BCUT2D eigenvalue weighted by Crippen LogP contribution is -2.15. The number of ether oxygens (including phenoxy) is 2. The van der Waals surface area contributed by atoms with Crippen molar-refractivity contribution in [3.8, 4) is 17.6 Å². The molecular weight excluding hydrogens is 304 g/mol. The Kier molecular flexibility index (Phi) is 4.48. The number of benzene rings is 2. The molecule has 2 aromatic rings. The summed E-state index contributed by atoms with van der Waals surface area (Å²) in [6.45, 7) is 2.90. The predicted octanol–water partition coefficient (Wildman–Crippen LogP) is 3.31. The van der Waals surface area contributed by atoms with Crippen LogP contribution in [0.3, 0.4) is 0 Å². The van der Waals surface area contributed by atoms with Gasteiger partial charge in [-0.2, -0.15) is 5.26 Å². The summed E-state index contributed by atoms with van der Waals surface area (Å²) in [5.74, 6) is 0.842. The number of hydrogen-bond acceptors (Lipinski definition) is 4. The van der Waals surface area contributed by atoms with Gasteiger partial charge in [-0.15, -0.1) is 0 Å². The second-order valence-corrected chi connectivity index (χ2v) is 5.34. The third-order valence-corrected chi connectivity index (χ3v) is 3.64. The van der Waals surface area contributed by atoms with E-state index in [4.69, 9.17) is 9.47 Å². The highest BCUT2D eigenvalue weighted by atomic mass is 16.6. The Labute approximate surface area is 140 Å². The van der Waals surface area contributed by atoms with Gasteiger partial charge < -0.3 is 14.8 Å². The minimum Gasteiger partial charge on any atom is -0.486 e. The van der Waals surface area contributed by atoms with E-state index in [2.05, 4.69) is 5.32 Å². The van der Waals surface area contributed by atoms with Gasteiger partial charge in [-0.25, -0.2) is 0 Å². The Morgan fingerprint density at radius 3 is 2.67 bits per heavy atom. The van der Waals surface area contributed by atoms with E-state index >= 15 is 0 Å². The third kappa shape index (κ3) is 3.39. The maximum Gasteiger partial charge on any atom is 0.266 e. The fourth-order valence-electron chi connectivity index (χ4n) is 2.37.